The number of carbonyl (C=O) groups is 2. The maximum Gasteiger partial charge on any atom is 0.253 e. The number of nitrogens with zero attached hydrogens (tertiary/aromatic N) is 2. The molecular formula is C19H27N5O3. The molecule has 0 aliphatic carbocycles. The monoisotopic (exact) mass is 373 g/mol. The van der Waals surface area contributed by atoms with Crippen molar-refractivity contribution in [2.45, 2.75) is 45.4 Å². The third-order valence-electron chi connectivity index (χ3n) is 3.81. The van der Waals surface area contributed by atoms with Gasteiger partial charge < -0.3 is 20.9 Å². The Balaban J connectivity index is 1.87. The van der Waals surface area contributed by atoms with Crippen molar-refractivity contribution in [1.82, 2.24) is 15.5 Å². The SMILES string of the molecule is CC(C)(C)c1noc(CCCC(=O)Nc2ccccc2C(=O)NCCN)n1. The Morgan fingerprint density at radius 2 is 1.96 bits per heavy atom. The van der Waals surface area contributed by atoms with E-state index in [9.17, 15) is 9.59 Å². The van der Waals surface area contributed by atoms with Crippen molar-refractivity contribution < 1.29 is 14.1 Å². The first-order valence-electron chi connectivity index (χ1n) is 9.01. The van der Waals surface area contributed by atoms with E-state index in [2.05, 4.69) is 20.8 Å². The van der Waals surface area contributed by atoms with E-state index < -0.39 is 0 Å². The first kappa shape index (κ1) is 20.6. The molecule has 0 saturated carbocycles. The summed E-state index contributed by atoms with van der Waals surface area (Å²) in [5.41, 5.74) is 6.11. The van der Waals surface area contributed by atoms with Gasteiger partial charge in [0.05, 0.1) is 11.3 Å². The number of nitrogens with one attached hydrogen (secondary N) is 2. The van der Waals surface area contributed by atoms with E-state index in [1.165, 1.54) is 0 Å². The smallest absolute Gasteiger partial charge is 0.253 e. The van der Waals surface area contributed by atoms with Crippen molar-refractivity contribution in [2.24, 2.45) is 5.73 Å². The molecule has 2 rings (SSSR count). The Morgan fingerprint density at radius 1 is 1.22 bits per heavy atom. The second-order valence-corrected chi connectivity index (χ2v) is 7.25. The molecule has 0 fully saturated rings. The minimum Gasteiger partial charge on any atom is -0.351 e. The van der Waals surface area contributed by atoms with Crippen LogP contribution in [0, 0.1) is 0 Å². The van der Waals surface area contributed by atoms with E-state index in [0.29, 0.717) is 48.9 Å². The lowest BCUT2D eigenvalue weighted by Gasteiger charge is -2.11. The number of anilines is 1. The Kier molecular flexibility index (Phi) is 7.06. The molecule has 1 aromatic carbocycles. The fourth-order valence-corrected chi connectivity index (χ4v) is 2.34. The molecule has 0 saturated heterocycles. The van der Waals surface area contributed by atoms with E-state index >= 15 is 0 Å². The lowest BCUT2D eigenvalue weighted by atomic mass is 9.96. The van der Waals surface area contributed by atoms with Gasteiger partial charge in [-0.15, -0.1) is 0 Å². The summed E-state index contributed by atoms with van der Waals surface area (Å²) in [7, 11) is 0. The molecule has 0 aliphatic heterocycles. The fraction of sp³-hybridized carbons (Fsp3) is 0.474. The predicted octanol–water partition coefficient (Wildman–Crippen LogP) is 2.02. The Labute approximate surface area is 158 Å². The highest BCUT2D eigenvalue weighted by atomic mass is 16.5. The lowest BCUT2D eigenvalue weighted by Crippen LogP contribution is -2.29. The zero-order valence-electron chi connectivity index (χ0n) is 16.0. The summed E-state index contributed by atoms with van der Waals surface area (Å²) in [4.78, 5) is 28.7. The summed E-state index contributed by atoms with van der Waals surface area (Å²) >= 11 is 0. The second kappa shape index (κ2) is 9.27. The first-order chi connectivity index (χ1) is 12.8. The zero-order chi connectivity index (χ0) is 19.9. The van der Waals surface area contributed by atoms with Gasteiger partial charge in [-0.1, -0.05) is 38.1 Å². The van der Waals surface area contributed by atoms with Crippen LogP contribution in [0.2, 0.25) is 0 Å². The fourth-order valence-electron chi connectivity index (χ4n) is 2.34. The van der Waals surface area contributed by atoms with Crippen molar-refractivity contribution >= 4 is 17.5 Å². The van der Waals surface area contributed by atoms with Crippen molar-refractivity contribution in [3.8, 4) is 0 Å². The van der Waals surface area contributed by atoms with E-state index in [1.54, 1.807) is 24.3 Å². The highest BCUT2D eigenvalue weighted by Gasteiger charge is 2.21. The normalized spacial score (nSPS) is 11.3. The van der Waals surface area contributed by atoms with Crippen LogP contribution in [0.1, 0.15) is 55.7 Å². The van der Waals surface area contributed by atoms with Crippen molar-refractivity contribution in [3.05, 3.63) is 41.5 Å². The summed E-state index contributed by atoms with van der Waals surface area (Å²) in [6, 6.07) is 6.87. The average Bonchev–Trinajstić information content (AvgIpc) is 3.09. The molecule has 0 unspecified atom stereocenters. The highest BCUT2D eigenvalue weighted by molar-refractivity contribution is 6.03. The van der Waals surface area contributed by atoms with E-state index in [4.69, 9.17) is 10.3 Å². The molecule has 8 nitrogen and oxygen atoms in total. The van der Waals surface area contributed by atoms with Gasteiger partial charge in [-0.2, -0.15) is 4.98 Å². The molecule has 4 N–H and O–H groups in total. The summed E-state index contributed by atoms with van der Waals surface area (Å²) in [6.07, 6.45) is 1.38. The van der Waals surface area contributed by atoms with Gasteiger partial charge in [0.25, 0.3) is 5.91 Å². The number of para-hydroxylation sites is 1. The number of benzene rings is 1. The largest absolute Gasteiger partial charge is 0.351 e. The Bertz CT molecular complexity index is 780. The molecule has 0 aliphatic rings. The predicted molar refractivity (Wildman–Crippen MR) is 102 cm³/mol. The molecule has 1 aromatic heterocycles. The highest BCUT2D eigenvalue weighted by Crippen LogP contribution is 2.19. The van der Waals surface area contributed by atoms with E-state index in [-0.39, 0.29) is 23.7 Å². The molecule has 0 spiro atoms. The molecule has 0 atom stereocenters. The number of carbonyl (C=O) groups excluding carboxylic acids is 2. The van der Waals surface area contributed by atoms with Crippen LogP contribution in [0.3, 0.4) is 0 Å². The molecular weight excluding hydrogens is 346 g/mol. The molecule has 2 amide bonds. The van der Waals surface area contributed by atoms with Gasteiger partial charge >= 0.3 is 0 Å². The number of rotatable bonds is 8. The first-order valence-corrected chi connectivity index (χ1v) is 9.01. The average molecular weight is 373 g/mol. The number of nitrogens with two attached hydrogens (primary N) is 1. The van der Waals surface area contributed by atoms with Crippen LogP contribution in [-0.4, -0.2) is 35.0 Å². The lowest BCUT2D eigenvalue weighted by molar-refractivity contribution is -0.116. The molecule has 2 aromatic rings. The quantitative estimate of drug-likeness (QED) is 0.650. The number of aromatic nitrogens is 2. The maximum absolute atomic E-state index is 12.2. The molecule has 1 heterocycles. The number of aryl methyl sites for hydroxylation is 1. The molecule has 0 radical (unpaired) electrons. The van der Waals surface area contributed by atoms with E-state index in [0.717, 1.165) is 0 Å². The van der Waals surface area contributed by atoms with Gasteiger partial charge in [-0.25, -0.2) is 0 Å². The minimum atomic E-state index is -0.267. The summed E-state index contributed by atoms with van der Waals surface area (Å²) in [6.45, 7) is 6.76. The van der Waals surface area contributed by atoms with Gasteiger partial charge in [0.2, 0.25) is 11.8 Å². The van der Waals surface area contributed by atoms with Crippen LogP contribution in [0.4, 0.5) is 5.69 Å². The number of hydrogen-bond acceptors (Lipinski definition) is 6. The van der Waals surface area contributed by atoms with Gasteiger partial charge in [0.15, 0.2) is 5.82 Å². The van der Waals surface area contributed by atoms with Gasteiger partial charge in [-0.3, -0.25) is 9.59 Å². The van der Waals surface area contributed by atoms with Crippen molar-refractivity contribution in [1.29, 1.82) is 0 Å². The van der Waals surface area contributed by atoms with Crippen LogP contribution >= 0.6 is 0 Å². The third-order valence-corrected chi connectivity index (χ3v) is 3.81. The van der Waals surface area contributed by atoms with Crippen LogP contribution in [0.15, 0.2) is 28.8 Å². The molecule has 0 bridgehead atoms. The second-order valence-electron chi connectivity index (χ2n) is 7.25. The van der Waals surface area contributed by atoms with Crippen LogP contribution in [0.5, 0.6) is 0 Å². The zero-order valence-corrected chi connectivity index (χ0v) is 16.0. The van der Waals surface area contributed by atoms with Gasteiger partial charge in [0.1, 0.15) is 0 Å². The number of amides is 2. The van der Waals surface area contributed by atoms with Crippen LogP contribution in [0.25, 0.3) is 0 Å². The van der Waals surface area contributed by atoms with Crippen LogP contribution < -0.4 is 16.4 Å². The standard InChI is InChI=1S/C19H27N5O3/c1-19(2,3)18-23-16(27-24-18)10-6-9-15(25)22-14-8-5-4-7-13(14)17(26)21-12-11-20/h4-5,7-8H,6,9-12,20H2,1-3H3,(H,21,26)(H,22,25). The number of hydrogen-bond donors (Lipinski definition) is 3. The van der Waals surface area contributed by atoms with Gasteiger partial charge in [0, 0.05) is 31.3 Å². The Hall–Kier alpha value is -2.74. The topological polar surface area (TPSA) is 123 Å². The molecule has 8 heteroatoms. The molecule has 146 valence electrons. The van der Waals surface area contributed by atoms with Crippen molar-refractivity contribution in [2.75, 3.05) is 18.4 Å². The van der Waals surface area contributed by atoms with Crippen molar-refractivity contribution in [3.63, 3.8) is 0 Å². The van der Waals surface area contributed by atoms with Gasteiger partial charge in [-0.05, 0) is 18.6 Å². The van der Waals surface area contributed by atoms with Crippen LogP contribution in [-0.2, 0) is 16.6 Å². The minimum absolute atomic E-state index is 0.173. The third kappa shape index (κ3) is 6.18. The molecule has 27 heavy (non-hydrogen) atoms. The summed E-state index contributed by atoms with van der Waals surface area (Å²) in [5.74, 6) is 0.732. The Morgan fingerprint density at radius 3 is 2.63 bits per heavy atom. The van der Waals surface area contributed by atoms with E-state index in [1.807, 2.05) is 20.8 Å². The summed E-state index contributed by atoms with van der Waals surface area (Å²) in [5, 5.41) is 9.45. The maximum atomic E-state index is 12.2. The summed E-state index contributed by atoms with van der Waals surface area (Å²) < 4.78 is 5.22.